The number of halogens is 1. The summed E-state index contributed by atoms with van der Waals surface area (Å²) in [6.45, 7) is 4.14. The molecule has 7 heteroatoms. The van der Waals surface area contributed by atoms with Crippen molar-refractivity contribution < 1.29 is 0 Å². The minimum atomic E-state index is -0.0808. The molecular formula is C19H15BrN4OS. The number of nitrogens with zero attached hydrogens (tertiary/aromatic N) is 4. The lowest BCUT2D eigenvalue weighted by molar-refractivity contribution is 0.783. The molecule has 4 aromatic rings. The summed E-state index contributed by atoms with van der Waals surface area (Å²) in [5.41, 5.74) is 1.91. The van der Waals surface area contributed by atoms with Crippen LogP contribution < -0.4 is 5.56 Å². The molecule has 0 aliphatic rings. The van der Waals surface area contributed by atoms with Crippen molar-refractivity contribution in [1.82, 2.24) is 19.2 Å². The summed E-state index contributed by atoms with van der Waals surface area (Å²) < 4.78 is 4.61. The van der Waals surface area contributed by atoms with E-state index in [1.807, 2.05) is 46.9 Å². The first kappa shape index (κ1) is 17.1. The molecule has 0 fully saturated rings. The summed E-state index contributed by atoms with van der Waals surface area (Å²) in [6, 6.07) is 15.6. The van der Waals surface area contributed by atoms with E-state index in [9.17, 15) is 4.79 Å². The maximum atomic E-state index is 12.8. The van der Waals surface area contributed by atoms with Crippen molar-refractivity contribution in [1.29, 1.82) is 0 Å². The molecular weight excluding hydrogens is 412 g/mol. The van der Waals surface area contributed by atoms with Gasteiger partial charge in [0.25, 0.3) is 5.56 Å². The van der Waals surface area contributed by atoms with Crippen molar-refractivity contribution >= 4 is 44.4 Å². The number of benzene rings is 2. The van der Waals surface area contributed by atoms with Gasteiger partial charge in [-0.05, 0) is 23.8 Å². The highest BCUT2D eigenvalue weighted by molar-refractivity contribution is 9.10. The summed E-state index contributed by atoms with van der Waals surface area (Å²) in [5.74, 6) is 1.28. The van der Waals surface area contributed by atoms with Gasteiger partial charge in [-0.3, -0.25) is 13.8 Å². The van der Waals surface area contributed by atoms with Gasteiger partial charge in [0.1, 0.15) is 0 Å². The van der Waals surface area contributed by atoms with Crippen LogP contribution in [0.3, 0.4) is 0 Å². The van der Waals surface area contributed by atoms with Gasteiger partial charge in [0.05, 0.1) is 10.9 Å². The quantitative estimate of drug-likeness (QED) is 0.352. The Morgan fingerprint density at radius 2 is 1.88 bits per heavy atom. The second-order valence-electron chi connectivity index (χ2n) is 5.72. The lowest BCUT2D eigenvalue weighted by Crippen LogP contribution is -2.22. The minimum Gasteiger partial charge on any atom is -0.272 e. The van der Waals surface area contributed by atoms with Crippen molar-refractivity contribution in [2.75, 3.05) is 0 Å². The fourth-order valence-corrected chi connectivity index (χ4v) is 4.43. The number of aromatic nitrogens is 4. The molecule has 26 heavy (non-hydrogen) atoms. The van der Waals surface area contributed by atoms with Crippen LogP contribution in [-0.2, 0) is 12.3 Å². The predicted molar refractivity (Wildman–Crippen MR) is 109 cm³/mol. The van der Waals surface area contributed by atoms with Crippen LogP contribution >= 0.6 is 27.7 Å². The molecule has 0 saturated heterocycles. The van der Waals surface area contributed by atoms with Gasteiger partial charge in [-0.2, -0.15) is 0 Å². The molecule has 0 spiro atoms. The zero-order valence-corrected chi connectivity index (χ0v) is 16.2. The van der Waals surface area contributed by atoms with Crippen molar-refractivity contribution in [3.63, 3.8) is 0 Å². The highest BCUT2D eigenvalue weighted by Gasteiger charge is 2.16. The Labute approximate surface area is 162 Å². The molecule has 0 atom stereocenters. The Hall–Kier alpha value is -2.38. The van der Waals surface area contributed by atoms with E-state index in [2.05, 4.69) is 38.8 Å². The number of rotatable bonds is 5. The standard InChI is InChI=1S/C19H15BrN4OS/c1-2-11-23-17(25)14-8-4-6-10-16(14)24-18(23)21-22-19(24)26-12-13-7-3-5-9-15(13)20/h2-10H,1,11-12H2. The lowest BCUT2D eigenvalue weighted by atomic mass is 10.2. The molecule has 5 nitrogen and oxygen atoms in total. The zero-order valence-electron chi connectivity index (χ0n) is 13.8. The average Bonchev–Trinajstić information content (AvgIpc) is 3.08. The van der Waals surface area contributed by atoms with Gasteiger partial charge in [0.15, 0.2) is 5.16 Å². The Kier molecular flexibility index (Phi) is 4.65. The van der Waals surface area contributed by atoms with E-state index in [1.165, 1.54) is 5.56 Å². The molecule has 4 rings (SSSR count). The van der Waals surface area contributed by atoms with Crippen LogP contribution in [0, 0.1) is 0 Å². The molecule has 0 unspecified atom stereocenters. The van der Waals surface area contributed by atoms with Gasteiger partial charge in [-0.25, -0.2) is 0 Å². The van der Waals surface area contributed by atoms with E-state index in [0.29, 0.717) is 17.7 Å². The highest BCUT2D eigenvalue weighted by atomic mass is 79.9. The monoisotopic (exact) mass is 426 g/mol. The lowest BCUT2D eigenvalue weighted by Gasteiger charge is -2.09. The van der Waals surface area contributed by atoms with Crippen LogP contribution in [0.25, 0.3) is 16.7 Å². The average molecular weight is 427 g/mol. The predicted octanol–water partition coefficient (Wildman–Crippen LogP) is 4.29. The van der Waals surface area contributed by atoms with Gasteiger partial charge in [0.2, 0.25) is 5.78 Å². The van der Waals surface area contributed by atoms with E-state index in [4.69, 9.17) is 0 Å². The summed E-state index contributed by atoms with van der Waals surface area (Å²) in [5, 5.41) is 10.0. The molecule has 2 aromatic heterocycles. The van der Waals surface area contributed by atoms with E-state index >= 15 is 0 Å². The summed E-state index contributed by atoms with van der Waals surface area (Å²) in [7, 11) is 0. The normalized spacial score (nSPS) is 11.3. The SMILES string of the molecule is C=CCn1c(=O)c2ccccc2n2c(SCc3ccccc3Br)nnc12. The summed E-state index contributed by atoms with van der Waals surface area (Å²) >= 11 is 5.17. The van der Waals surface area contributed by atoms with Crippen LogP contribution in [0.5, 0.6) is 0 Å². The van der Waals surface area contributed by atoms with Crippen LogP contribution in [0.2, 0.25) is 0 Å². The first-order valence-corrected chi connectivity index (χ1v) is 9.82. The van der Waals surface area contributed by atoms with Crippen LogP contribution in [0.1, 0.15) is 5.56 Å². The topological polar surface area (TPSA) is 52.2 Å². The Morgan fingerprint density at radius 1 is 1.12 bits per heavy atom. The first-order valence-electron chi connectivity index (χ1n) is 8.04. The first-order chi connectivity index (χ1) is 12.7. The molecule has 0 bridgehead atoms. The van der Waals surface area contributed by atoms with Crippen LogP contribution in [0.4, 0.5) is 0 Å². The smallest absolute Gasteiger partial charge is 0.263 e. The third-order valence-corrected chi connectivity index (χ3v) is 5.86. The molecule has 2 aromatic carbocycles. The van der Waals surface area contributed by atoms with Gasteiger partial charge in [-0.15, -0.1) is 16.8 Å². The van der Waals surface area contributed by atoms with Crippen molar-refractivity contribution in [2.45, 2.75) is 17.5 Å². The molecule has 0 saturated carbocycles. The van der Waals surface area contributed by atoms with E-state index in [1.54, 1.807) is 22.4 Å². The van der Waals surface area contributed by atoms with Crippen molar-refractivity contribution in [3.05, 3.63) is 81.6 Å². The van der Waals surface area contributed by atoms with Gasteiger partial charge in [-0.1, -0.05) is 64.1 Å². The Balaban J connectivity index is 1.88. The number of para-hydroxylation sites is 1. The third-order valence-electron chi connectivity index (χ3n) is 4.10. The maximum absolute atomic E-state index is 12.8. The molecule has 0 aliphatic heterocycles. The van der Waals surface area contributed by atoms with E-state index < -0.39 is 0 Å². The van der Waals surface area contributed by atoms with Gasteiger partial charge >= 0.3 is 0 Å². The molecule has 0 aliphatic carbocycles. The zero-order chi connectivity index (χ0) is 18.1. The summed E-state index contributed by atoms with van der Waals surface area (Å²) in [6.07, 6.45) is 1.69. The number of allylic oxidation sites excluding steroid dienone is 1. The van der Waals surface area contributed by atoms with E-state index in [0.717, 1.165) is 20.9 Å². The summed E-state index contributed by atoms with van der Waals surface area (Å²) in [4.78, 5) is 12.8. The van der Waals surface area contributed by atoms with Gasteiger partial charge < -0.3 is 0 Å². The van der Waals surface area contributed by atoms with E-state index in [-0.39, 0.29) is 5.56 Å². The molecule has 0 N–H and O–H groups in total. The number of fused-ring (bicyclic) bond motifs is 3. The third kappa shape index (κ3) is 2.87. The molecule has 0 radical (unpaired) electrons. The molecule has 2 heterocycles. The second-order valence-corrected chi connectivity index (χ2v) is 7.52. The van der Waals surface area contributed by atoms with Crippen LogP contribution in [-0.4, -0.2) is 19.2 Å². The molecule has 130 valence electrons. The fraction of sp³-hybridized carbons (Fsp3) is 0.105. The van der Waals surface area contributed by atoms with Crippen LogP contribution in [0.15, 0.2) is 75.6 Å². The Morgan fingerprint density at radius 3 is 2.69 bits per heavy atom. The van der Waals surface area contributed by atoms with Crippen molar-refractivity contribution in [2.24, 2.45) is 0 Å². The number of hydrogen-bond donors (Lipinski definition) is 0. The number of thioether (sulfide) groups is 1. The number of hydrogen-bond acceptors (Lipinski definition) is 4. The maximum Gasteiger partial charge on any atom is 0.263 e. The fourth-order valence-electron chi connectivity index (χ4n) is 2.88. The second kappa shape index (κ2) is 7.09. The molecule has 0 amide bonds. The van der Waals surface area contributed by atoms with Gasteiger partial charge in [0, 0.05) is 16.8 Å². The Bertz CT molecular complexity index is 1180. The largest absolute Gasteiger partial charge is 0.272 e. The minimum absolute atomic E-state index is 0.0808. The van der Waals surface area contributed by atoms with Crippen molar-refractivity contribution in [3.8, 4) is 0 Å². The highest BCUT2D eigenvalue weighted by Crippen LogP contribution is 2.27.